The molecule has 2 aromatic carbocycles. The third-order valence-corrected chi connectivity index (χ3v) is 4.34. The van der Waals surface area contributed by atoms with Gasteiger partial charge in [0.2, 0.25) is 0 Å². The molecule has 0 saturated carbocycles. The Labute approximate surface area is 203 Å². The first-order valence-electron chi connectivity index (χ1n) is 10.1. The summed E-state index contributed by atoms with van der Waals surface area (Å²) in [4.78, 5) is 6.38. The molecule has 0 aliphatic rings. The zero-order valence-electron chi connectivity index (χ0n) is 19.1. The van der Waals surface area contributed by atoms with Crippen molar-refractivity contribution in [3.8, 4) is 17.2 Å². The first kappa shape index (κ1) is 26.8. The number of methoxy groups -OCH3 is 1. The third kappa shape index (κ3) is 10.1. The van der Waals surface area contributed by atoms with Gasteiger partial charge in [-0.3, -0.25) is 4.99 Å². The van der Waals surface area contributed by atoms with Crippen molar-refractivity contribution in [2.45, 2.75) is 19.6 Å². The Morgan fingerprint density at radius 1 is 1.06 bits per heavy atom. The number of ether oxygens (including phenoxy) is 3. The van der Waals surface area contributed by atoms with Crippen LogP contribution >= 0.6 is 24.0 Å². The van der Waals surface area contributed by atoms with Crippen molar-refractivity contribution in [2.24, 2.45) is 4.99 Å². The van der Waals surface area contributed by atoms with E-state index < -0.39 is 0 Å². The van der Waals surface area contributed by atoms with E-state index in [4.69, 9.17) is 14.2 Å². The Kier molecular flexibility index (Phi) is 12.8. The van der Waals surface area contributed by atoms with E-state index in [1.54, 1.807) is 14.2 Å². The van der Waals surface area contributed by atoms with Gasteiger partial charge in [0, 0.05) is 20.1 Å². The SMILES string of the molecule is CN=C(NCc1cccc(OCCN(C)C)c1)NCC(C)Oc1ccccc1OC.I. The molecular weight excluding hydrogens is 507 g/mol. The van der Waals surface area contributed by atoms with E-state index in [-0.39, 0.29) is 30.1 Å². The van der Waals surface area contributed by atoms with Crippen LogP contribution in [0.25, 0.3) is 0 Å². The minimum Gasteiger partial charge on any atom is -0.493 e. The monoisotopic (exact) mass is 542 g/mol. The fraction of sp³-hybridized carbons (Fsp3) is 0.435. The largest absolute Gasteiger partial charge is 0.493 e. The highest BCUT2D eigenvalue weighted by Crippen LogP contribution is 2.26. The van der Waals surface area contributed by atoms with E-state index >= 15 is 0 Å². The molecule has 0 heterocycles. The number of halogens is 1. The first-order chi connectivity index (χ1) is 14.5. The van der Waals surface area contributed by atoms with Crippen molar-refractivity contribution in [2.75, 3.05) is 47.9 Å². The summed E-state index contributed by atoms with van der Waals surface area (Å²) in [7, 11) is 7.45. The van der Waals surface area contributed by atoms with Crippen molar-refractivity contribution in [1.29, 1.82) is 0 Å². The Hall–Kier alpha value is -2.20. The van der Waals surface area contributed by atoms with Crippen molar-refractivity contribution < 1.29 is 14.2 Å². The first-order valence-corrected chi connectivity index (χ1v) is 10.1. The maximum atomic E-state index is 5.97. The molecule has 0 amide bonds. The smallest absolute Gasteiger partial charge is 0.191 e. The quantitative estimate of drug-likeness (QED) is 0.258. The van der Waals surface area contributed by atoms with Gasteiger partial charge in [0.15, 0.2) is 17.5 Å². The van der Waals surface area contributed by atoms with Crippen LogP contribution < -0.4 is 24.8 Å². The summed E-state index contributed by atoms with van der Waals surface area (Å²) in [6.07, 6.45) is -0.0618. The van der Waals surface area contributed by atoms with E-state index in [0.717, 1.165) is 29.4 Å². The van der Waals surface area contributed by atoms with Gasteiger partial charge < -0.3 is 29.7 Å². The number of rotatable bonds is 11. The zero-order chi connectivity index (χ0) is 21.8. The predicted octanol–water partition coefficient (Wildman–Crippen LogP) is 3.39. The van der Waals surface area contributed by atoms with Gasteiger partial charge in [-0.15, -0.1) is 24.0 Å². The van der Waals surface area contributed by atoms with Crippen molar-refractivity contribution in [3.05, 3.63) is 54.1 Å². The van der Waals surface area contributed by atoms with Gasteiger partial charge in [-0.05, 0) is 50.8 Å². The standard InChI is InChI=1S/C23H34N4O3.HI/c1-18(30-22-12-7-6-11-21(22)28-5)16-25-23(24-2)26-17-19-9-8-10-20(15-19)29-14-13-27(3)4;/h6-12,15,18H,13-14,16-17H2,1-5H3,(H2,24,25,26);1H. The molecule has 0 spiro atoms. The molecule has 7 nitrogen and oxygen atoms in total. The lowest BCUT2D eigenvalue weighted by Crippen LogP contribution is -2.41. The molecule has 1 atom stereocenters. The number of nitrogens with zero attached hydrogens (tertiary/aromatic N) is 2. The maximum absolute atomic E-state index is 5.97. The number of hydrogen-bond acceptors (Lipinski definition) is 5. The van der Waals surface area contributed by atoms with Crippen molar-refractivity contribution in [1.82, 2.24) is 15.5 Å². The van der Waals surface area contributed by atoms with Crippen LogP contribution in [0.4, 0.5) is 0 Å². The summed E-state index contributed by atoms with van der Waals surface area (Å²) >= 11 is 0. The third-order valence-electron chi connectivity index (χ3n) is 4.34. The molecule has 0 bridgehead atoms. The summed E-state index contributed by atoms with van der Waals surface area (Å²) in [5.41, 5.74) is 1.12. The predicted molar refractivity (Wildman–Crippen MR) is 137 cm³/mol. The molecule has 1 unspecified atom stereocenters. The molecule has 2 N–H and O–H groups in total. The molecule has 0 aliphatic heterocycles. The molecule has 0 saturated heterocycles. The fourth-order valence-electron chi connectivity index (χ4n) is 2.71. The summed E-state index contributed by atoms with van der Waals surface area (Å²) in [6.45, 7) is 4.80. The van der Waals surface area contributed by atoms with Crippen LogP contribution in [0.15, 0.2) is 53.5 Å². The second-order valence-electron chi connectivity index (χ2n) is 7.19. The molecule has 0 aliphatic carbocycles. The van der Waals surface area contributed by atoms with Crippen LogP contribution in [0.1, 0.15) is 12.5 Å². The molecule has 2 rings (SSSR count). The number of likely N-dealkylation sites (N-methyl/N-ethyl adjacent to an activating group) is 1. The van der Waals surface area contributed by atoms with Crippen LogP contribution in [-0.2, 0) is 6.54 Å². The molecule has 2 aromatic rings. The van der Waals surface area contributed by atoms with E-state index in [2.05, 4.69) is 26.6 Å². The van der Waals surface area contributed by atoms with Gasteiger partial charge in [0.05, 0.1) is 13.7 Å². The van der Waals surface area contributed by atoms with E-state index in [0.29, 0.717) is 25.7 Å². The lowest BCUT2D eigenvalue weighted by molar-refractivity contribution is 0.213. The zero-order valence-corrected chi connectivity index (χ0v) is 21.4. The van der Waals surface area contributed by atoms with Crippen LogP contribution in [0, 0.1) is 0 Å². The van der Waals surface area contributed by atoms with Gasteiger partial charge in [-0.1, -0.05) is 24.3 Å². The number of nitrogens with one attached hydrogen (secondary N) is 2. The van der Waals surface area contributed by atoms with E-state index in [1.807, 2.05) is 63.5 Å². The molecule has 0 aromatic heterocycles. The van der Waals surface area contributed by atoms with Gasteiger partial charge in [0.25, 0.3) is 0 Å². The summed E-state index contributed by atoms with van der Waals surface area (Å²) < 4.78 is 17.1. The summed E-state index contributed by atoms with van der Waals surface area (Å²) in [5.74, 6) is 3.03. The number of guanidine groups is 1. The van der Waals surface area contributed by atoms with E-state index in [1.165, 1.54) is 0 Å². The van der Waals surface area contributed by atoms with Crippen LogP contribution in [0.2, 0.25) is 0 Å². The van der Waals surface area contributed by atoms with Gasteiger partial charge in [0.1, 0.15) is 18.5 Å². The molecule has 0 fully saturated rings. The number of hydrogen-bond donors (Lipinski definition) is 2. The van der Waals surface area contributed by atoms with Crippen LogP contribution in [0.5, 0.6) is 17.2 Å². The Morgan fingerprint density at radius 2 is 1.81 bits per heavy atom. The molecule has 172 valence electrons. The van der Waals surface area contributed by atoms with Gasteiger partial charge in [-0.2, -0.15) is 0 Å². The number of aliphatic imine (C=N–C) groups is 1. The van der Waals surface area contributed by atoms with Crippen LogP contribution in [-0.4, -0.2) is 64.9 Å². The molecule has 0 radical (unpaired) electrons. The lowest BCUT2D eigenvalue weighted by atomic mass is 10.2. The lowest BCUT2D eigenvalue weighted by Gasteiger charge is -2.19. The maximum Gasteiger partial charge on any atom is 0.191 e. The highest BCUT2D eigenvalue weighted by atomic mass is 127. The highest BCUT2D eigenvalue weighted by molar-refractivity contribution is 14.0. The average Bonchev–Trinajstić information content (AvgIpc) is 2.74. The molecule has 8 heteroatoms. The molecular formula is C23H35IN4O3. The average molecular weight is 542 g/mol. The second-order valence-corrected chi connectivity index (χ2v) is 7.19. The summed E-state index contributed by atoms with van der Waals surface area (Å²) in [6, 6.07) is 15.7. The number of para-hydroxylation sites is 2. The topological polar surface area (TPSA) is 67.4 Å². The van der Waals surface area contributed by atoms with Crippen LogP contribution in [0.3, 0.4) is 0 Å². The van der Waals surface area contributed by atoms with E-state index in [9.17, 15) is 0 Å². The summed E-state index contributed by atoms with van der Waals surface area (Å²) in [5, 5.41) is 6.62. The Morgan fingerprint density at radius 3 is 2.48 bits per heavy atom. The number of benzene rings is 2. The molecule has 31 heavy (non-hydrogen) atoms. The van der Waals surface area contributed by atoms with Crippen molar-refractivity contribution >= 4 is 29.9 Å². The minimum atomic E-state index is -0.0618. The Bertz CT molecular complexity index is 802. The Balaban J connectivity index is 0.00000480. The second kappa shape index (κ2) is 14.7. The minimum absolute atomic E-state index is 0. The van der Waals surface area contributed by atoms with Gasteiger partial charge in [-0.25, -0.2) is 0 Å². The normalized spacial score (nSPS) is 12.0. The van der Waals surface area contributed by atoms with Crippen molar-refractivity contribution in [3.63, 3.8) is 0 Å². The van der Waals surface area contributed by atoms with Gasteiger partial charge >= 0.3 is 0 Å². The fourth-order valence-corrected chi connectivity index (χ4v) is 2.71. The highest BCUT2D eigenvalue weighted by Gasteiger charge is 2.09.